The van der Waals surface area contributed by atoms with Crippen molar-refractivity contribution >= 4 is 47.0 Å². The largest absolute Gasteiger partial charge is 0.493 e. The SMILES string of the molecule is COc1cc(CNCCNc2ccc([N+](=O)[O-])cc2)cc(Cl)c1OCc1ccccc1Cl.Cl. The van der Waals surface area contributed by atoms with Gasteiger partial charge in [-0.2, -0.15) is 0 Å². The van der Waals surface area contributed by atoms with Gasteiger partial charge in [0.1, 0.15) is 6.61 Å². The van der Waals surface area contributed by atoms with Gasteiger partial charge < -0.3 is 20.1 Å². The second-order valence-corrected chi connectivity index (χ2v) is 7.71. The lowest BCUT2D eigenvalue weighted by atomic mass is 10.2. The van der Waals surface area contributed by atoms with Gasteiger partial charge in [-0.3, -0.25) is 10.1 Å². The molecule has 0 heterocycles. The molecule has 7 nitrogen and oxygen atoms in total. The van der Waals surface area contributed by atoms with Gasteiger partial charge in [0.25, 0.3) is 5.69 Å². The van der Waals surface area contributed by atoms with Crippen LogP contribution in [0.15, 0.2) is 60.7 Å². The molecule has 10 heteroatoms. The Kier molecular flexibility index (Phi) is 10.5. The molecule has 3 rings (SSSR count). The minimum absolute atomic E-state index is 0. The molecule has 2 N–H and O–H groups in total. The topological polar surface area (TPSA) is 85.7 Å². The maximum atomic E-state index is 10.7. The van der Waals surface area contributed by atoms with E-state index in [0.29, 0.717) is 41.2 Å². The Morgan fingerprint density at radius 3 is 2.39 bits per heavy atom. The molecule has 0 aliphatic rings. The number of hydrogen-bond donors (Lipinski definition) is 2. The normalized spacial score (nSPS) is 10.3. The Morgan fingerprint density at radius 2 is 1.73 bits per heavy atom. The van der Waals surface area contributed by atoms with E-state index in [0.717, 1.165) is 16.8 Å². The monoisotopic (exact) mass is 511 g/mol. The van der Waals surface area contributed by atoms with E-state index in [2.05, 4.69) is 10.6 Å². The zero-order chi connectivity index (χ0) is 22.9. The predicted octanol–water partition coefficient (Wildman–Crippen LogP) is 6.11. The highest BCUT2D eigenvalue weighted by Gasteiger charge is 2.13. The van der Waals surface area contributed by atoms with Crippen molar-refractivity contribution in [2.24, 2.45) is 0 Å². The number of halogens is 3. The van der Waals surface area contributed by atoms with E-state index >= 15 is 0 Å². The Morgan fingerprint density at radius 1 is 1.00 bits per heavy atom. The number of anilines is 1. The lowest BCUT2D eigenvalue weighted by Gasteiger charge is -2.15. The van der Waals surface area contributed by atoms with Gasteiger partial charge in [-0.25, -0.2) is 0 Å². The van der Waals surface area contributed by atoms with Crippen molar-refractivity contribution in [1.82, 2.24) is 5.32 Å². The third-order valence-corrected chi connectivity index (χ3v) is 5.31. The first-order valence-electron chi connectivity index (χ1n) is 9.89. The summed E-state index contributed by atoms with van der Waals surface area (Å²) in [5, 5.41) is 18.3. The van der Waals surface area contributed by atoms with Gasteiger partial charge in [0.15, 0.2) is 11.5 Å². The number of methoxy groups -OCH3 is 1. The molecule has 0 bridgehead atoms. The maximum absolute atomic E-state index is 10.7. The minimum atomic E-state index is -0.419. The molecule has 0 saturated carbocycles. The van der Waals surface area contributed by atoms with E-state index < -0.39 is 4.92 Å². The van der Waals surface area contributed by atoms with Crippen molar-refractivity contribution in [1.29, 1.82) is 0 Å². The van der Waals surface area contributed by atoms with Crippen LogP contribution in [0.2, 0.25) is 10.0 Å². The third kappa shape index (κ3) is 7.68. The van der Waals surface area contributed by atoms with Crippen LogP contribution >= 0.6 is 35.6 Å². The zero-order valence-corrected chi connectivity index (χ0v) is 20.2. The van der Waals surface area contributed by atoms with Gasteiger partial charge >= 0.3 is 0 Å². The standard InChI is InChI=1S/C23H23Cl2N3O4.ClH/c1-31-22-13-16(12-21(25)23(22)32-15-17-4-2-3-5-20(17)24)14-26-10-11-27-18-6-8-19(9-7-18)28(29)30;/h2-9,12-13,26-27H,10-11,14-15H2,1H3;1H. The molecule has 3 aromatic carbocycles. The van der Waals surface area contributed by atoms with Crippen LogP contribution in [0.3, 0.4) is 0 Å². The first-order valence-corrected chi connectivity index (χ1v) is 10.6. The van der Waals surface area contributed by atoms with Crippen molar-refractivity contribution in [2.45, 2.75) is 13.2 Å². The van der Waals surface area contributed by atoms with E-state index in [1.165, 1.54) is 12.1 Å². The summed E-state index contributed by atoms with van der Waals surface area (Å²) in [7, 11) is 1.57. The van der Waals surface area contributed by atoms with Gasteiger partial charge in [-0.15, -0.1) is 12.4 Å². The summed E-state index contributed by atoms with van der Waals surface area (Å²) >= 11 is 12.6. The average Bonchev–Trinajstić information content (AvgIpc) is 2.79. The predicted molar refractivity (Wildman–Crippen MR) is 134 cm³/mol. The molecule has 176 valence electrons. The summed E-state index contributed by atoms with van der Waals surface area (Å²) in [6.45, 7) is 2.20. The molecule has 0 radical (unpaired) electrons. The van der Waals surface area contributed by atoms with Gasteiger partial charge in [0.2, 0.25) is 0 Å². The summed E-state index contributed by atoms with van der Waals surface area (Å²) in [6.07, 6.45) is 0. The number of non-ortho nitro benzene ring substituents is 1. The van der Waals surface area contributed by atoms with Crippen LogP contribution in [-0.2, 0) is 13.2 Å². The Hall–Kier alpha value is -2.71. The maximum Gasteiger partial charge on any atom is 0.269 e. The average molecular weight is 513 g/mol. The Balaban J connectivity index is 0.00000385. The summed E-state index contributed by atoms with van der Waals surface area (Å²) in [4.78, 5) is 10.3. The molecule has 0 aliphatic carbocycles. The molecule has 0 aromatic heterocycles. The number of nitrogens with zero attached hydrogens (tertiary/aromatic N) is 1. The summed E-state index contributed by atoms with van der Waals surface area (Å²) in [6, 6.07) is 17.5. The van der Waals surface area contributed by atoms with Gasteiger partial charge in [-0.05, 0) is 35.9 Å². The first kappa shape index (κ1) is 26.5. The van der Waals surface area contributed by atoms with E-state index in [-0.39, 0.29) is 24.7 Å². The highest BCUT2D eigenvalue weighted by atomic mass is 35.5. The zero-order valence-electron chi connectivity index (χ0n) is 17.8. The first-order chi connectivity index (χ1) is 15.5. The molecule has 3 aromatic rings. The number of hydrogen-bond acceptors (Lipinski definition) is 6. The molecule has 0 fully saturated rings. The van der Waals surface area contributed by atoms with E-state index in [1.54, 1.807) is 19.2 Å². The number of ether oxygens (including phenoxy) is 2. The van der Waals surface area contributed by atoms with E-state index in [9.17, 15) is 10.1 Å². The van der Waals surface area contributed by atoms with Crippen molar-refractivity contribution < 1.29 is 14.4 Å². The molecule has 0 aliphatic heterocycles. The van der Waals surface area contributed by atoms with Gasteiger partial charge in [-0.1, -0.05) is 41.4 Å². The van der Waals surface area contributed by atoms with Crippen LogP contribution in [0, 0.1) is 10.1 Å². The second-order valence-electron chi connectivity index (χ2n) is 6.90. The molecule has 0 saturated heterocycles. The van der Waals surface area contributed by atoms with Crippen molar-refractivity contribution in [3.63, 3.8) is 0 Å². The highest BCUT2D eigenvalue weighted by Crippen LogP contribution is 2.37. The third-order valence-electron chi connectivity index (χ3n) is 4.66. The quantitative estimate of drug-likeness (QED) is 0.183. The van der Waals surface area contributed by atoms with Crippen LogP contribution in [0.25, 0.3) is 0 Å². The van der Waals surface area contributed by atoms with Crippen LogP contribution in [0.5, 0.6) is 11.5 Å². The van der Waals surface area contributed by atoms with Gasteiger partial charge in [0.05, 0.1) is 17.1 Å². The lowest BCUT2D eigenvalue weighted by Crippen LogP contribution is -2.21. The highest BCUT2D eigenvalue weighted by molar-refractivity contribution is 6.32. The number of nitro groups is 1. The summed E-state index contributed by atoms with van der Waals surface area (Å²) in [5.74, 6) is 1.02. The van der Waals surface area contributed by atoms with Gasteiger partial charge in [0, 0.05) is 48.0 Å². The van der Waals surface area contributed by atoms with Crippen LogP contribution in [0.4, 0.5) is 11.4 Å². The number of nitro benzene ring substituents is 1. The molecular weight excluding hydrogens is 489 g/mol. The fraction of sp³-hybridized carbons (Fsp3) is 0.217. The van der Waals surface area contributed by atoms with Crippen molar-refractivity contribution in [3.8, 4) is 11.5 Å². The van der Waals surface area contributed by atoms with Crippen LogP contribution in [-0.4, -0.2) is 25.1 Å². The van der Waals surface area contributed by atoms with Crippen LogP contribution < -0.4 is 20.1 Å². The minimum Gasteiger partial charge on any atom is -0.493 e. The van der Waals surface area contributed by atoms with E-state index in [1.807, 2.05) is 36.4 Å². The Labute approximate surface area is 208 Å². The molecule has 0 atom stereocenters. The molecule has 0 amide bonds. The number of benzene rings is 3. The number of nitrogens with one attached hydrogen (secondary N) is 2. The molecule has 33 heavy (non-hydrogen) atoms. The number of rotatable bonds is 11. The summed E-state index contributed by atoms with van der Waals surface area (Å²) in [5.41, 5.74) is 2.70. The Bertz CT molecular complexity index is 1070. The molecule has 0 unspecified atom stereocenters. The fourth-order valence-electron chi connectivity index (χ4n) is 3.01. The van der Waals surface area contributed by atoms with Crippen molar-refractivity contribution in [3.05, 3.63) is 92.0 Å². The fourth-order valence-corrected chi connectivity index (χ4v) is 3.49. The molecular formula is C23H24Cl3N3O4. The smallest absolute Gasteiger partial charge is 0.269 e. The second kappa shape index (κ2) is 13.1. The van der Waals surface area contributed by atoms with Crippen LogP contribution in [0.1, 0.15) is 11.1 Å². The van der Waals surface area contributed by atoms with E-state index in [4.69, 9.17) is 32.7 Å². The lowest BCUT2D eigenvalue weighted by molar-refractivity contribution is -0.384. The summed E-state index contributed by atoms with van der Waals surface area (Å²) < 4.78 is 11.3. The van der Waals surface area contributed by atoms with Crippen molar-refractivity contribution in [2.75, 3.05) is 25.5 Å². The molecule has 0 spiro atoms.